The summed E-state index contributed by atoms with van der Waals surface area (Å²) in [4.78, 5) is 27.6. The van der Waals surface area contributed by atoms with E-state index in [9.17, 15) is 14.0 Å². The SMILES string of the molecule is COCc1ccc([C@@H](NC(=O)N2CCCC2)C(=O)Nc2ccc([Si](C)(C)C)c(F)c2)cc1. The van der Waals surface area contributed by atoms with Gasteiger partial charge in [0.25, 0.3) is 5.91 Å². The Labute approximate surface area is 190 Å². The Morgan fingerprint density at radius 1 is 1.09 bits per heavy atom. The normalized spacial score (nSPS) is 14.8. The van der Waals surface area contributed by atoms with Gasteiger partial charge in [0.05, 0.1) is 14.7 Å². The van der Waals surface area contributed by atoms with Crippen LogP contribution in [0.4, 0.5) is 14.9 Å². The lowest BCUT2D eigenvalue weighted by Crippen LogP contribution is -2.44. The maximum absolute atomic E-state index is 14.6. The molecule has 1 heterocycles. The van der Waals surface area contributed by atoms with Gasteiger partial charge in [-0.2, -0.15) is 0 Å². The number of ether oxygens (including phenoxy) is 1. The number of rotatable bonds is 7. The molecule has 1 aliphatic rings. The van der Waals surface area contributed by atoms with Crippen LogP contribution in [0, 0.1) is 5.82 Å². The lowest BCUT2D eigenvalue weighted by Gasteiger charge is -2.23. The first-order chi connectivity index (χ1) is 15.2. The fourth-order valence-electron chi connectivity index (χ4n) is 3.82. The van der Waals surface area contributed by atoms with Crippen molar-refractivity contribution >= 4 is 30.9 Å². The lowest BCUT2D eigenvalue weighted by atomic mass is 10.0. The van der Waals surface area contributed by atoms with E-state index in [1.807, 2.05) is 12.1 Å². The summed E-state index contributed by atoms with van der Waals surface area (Å²) in [7, 11) is -0.207. The van der Waals surface area contributed by atoms with Crippen LogP contribution in [0.2, 0.25) is 19.6 Å². The van der Waals surface area contributed by atoms with E-state index in [0.717, 1.165) is 18.4 Å². The molecule has 172 valence electrons. The number of urea groups is 1. The van der Waals surface area contributed by atoms with Crippen molar-refractivity contribution in [1.82, 2.24) is 10.2 Å². The smallest absolute Gasteiger partial charge is 0.318 e. The number of amides is 3. The summed E-state index contributed by atoms with van der Waals surface area (Å²) < 4.78 is 19.8. The summed E-state index contributed by atoms with van der Waals surface area (Å²) >= 11 is 0. The van der Waals surface area contributed by atoms with E-state index in [1.54, 1.807) is 36.3 Å². The van der Waals surface area contributed by atoms with Gasteiger partial charge >= 0.3 is 6.03 Å². The van der Waals surface area contributed by atoms with E-state index in [1.165, 1.54) is 6.07 Å². The van der Waals surface area contributed by atoms with Crippen molar-refractivity contribution in [2.45, 2.75) is 45.1 Å². The Bertz CT molecular complexity index is 954. The van der Waals surface area contributed by atoms with E-state index in [2.05, 4.69) is 30.3 Å². The zero-order chi connectivity index (χ0) is 23.3. The van der Waals surface area contributed by atoms with Crippen LogP contribution in [-0.4, -0.2) is 45.1 Å². The summed E-state index contributed by atoms with van der Waals surface area (Å²) in [5, 5.41) is 6.34. The molecule has 0 radical (unpaired) electrons. The Hall–Kier alpha value is -2.71. The molecule has 1 aliphatic heterocycles. The minimum absolute atomic E-state index is 0.274. The highest BCUT2D eigenvalue weighted by Crippen LogP contribution is 2.20. The fraction of sp³-hybridized carbons (Fsp3) is 0.417. The van der Waals surface area contributed by atoms with Crippen LogP contribution in [0.3, 0.4) is 0 Å². The third kappa shape index (κ3) is 5.95. The van der Waals surface area contributed by atoms with E-state index >= 15 is 0 Å². The summed E-state index contributed by atoms with van der Waals surface area (Å²) in [5.41, 5.74) is 1.98. The van der Waals surface area contributed by atoms with Gasteiger partial charge in [0.2, 0.25) is 0 Å². The van der Waals surface area contributed by atoms with Gasteiger partial charge in [0.1, 0.15) is 11.9 Å². The predicted molar refractivity (Wildman–Crippen MR) is 127 cm³/mol. The molecule has 2 aromatic rings. The van der Waals surface area contributed by atoms with Crippen LogP contribution in [0.25, 0.3) is 0 Å². The largest absolute Gasteiger partial charge is 0.380 e. The molecule has 3 rings (SSSR count). The Morgan fingerprint density at radius 2 is 1.75 bits per heavy atom. The average Bonchev–Trinajstić information content (AvgIpc) is 3.27. The third-order valence-electron chi connectivity index (χ3n) is 5.59. The highest BCUT2D eigenvalue weighted by Gasteiger charge is 2.27. The molecular weight excluding hydrogens is 425 g/mol. The molecule has 2 aromatic carbocycles. The Morgan fingerprint density at radius 3 is 2.31 bits per heavy atom. The molecule has 0 aliphatic carbocycles. The van der Waals surface area contributed by atoms with Crippen LogP contribution in [-0.2, 0) is 16.1 Å². The number of methoxy groups -OCH3 is 1. The Kier molecular flexibility index (Phi) is 7.68. The van der Waals surface area contributed by atoms with Crippen molar-refractivity contribution < 1.29 is 18.7 Å². The molecule has 0 spiro atoms. The van der Waals surface area contributed by atoms with Crippen LogP contribution in [0.5, 0.6) is 0 Å². The second kappa shape index (κ2) is 10.3. The van der Waals surface area contributed by atoms with Crippen molar-refractivity contribution in [1.29, 1.82) is 0 Å². The average molecular weight is 458 g/mol. The van der Waals surface area contributed by atoms with Crippen molar-refractivity contribution in [3.63, 3.8) is 0 Å². The zero-order valence-electron chi connectivity index (χ0n) is 19.2. The number of halogens is 1. The zero-order valence-corrected chi connectivity index (χ0v) is 20.2. The van der Waals surface area contributed by atoms with Gasteiger partial charge in [-0.25, -0.2) is 9.18 Å². The highest BCUT2D eigenvalue weighted by molar-refractivity contribution is 6.88. The number of nitrogens with one attached hydrogen (secondary N) is 2. The first-order valence-electron chi connectivity index (χ1n) is 10.9. The maximum Gasteiger partial charge on any atom is 0.318 e. The van der Waals surface area contributed by atoms with E-state index in [-0.39, 0.29) is 11.8 Å². The number of likely N-dealkylation sites (tertiary alicyclic amines) is 1. The molecule has 3 amide bonds. The van der Waals surface area contributed by atoms with Gasteiger partial charge in [-0.05, 0) is 41.3 Å². The van der Waals surface area contributed by atoms with Crippen LogP contribution in [0.15, 0.2) is 42.5 Å². The monoisotopic (exact) mass is 457 g/mol. The highest BCUT2D eigenvalue weighted by atomic mass is 28.3. The number of nitrogens with zero attached hydrogens (tertiary/aromatic N) is 1. The first-order valence-corrected chi connectivity index (χ1v) is 14.4. The topological polar surface area (TPSA) is 70.7 Å². The number of hydrogen-bond acceptors (Lipinski definition) is 3. The van der Waals surface area contributed by atoms with Crippen LogP contribution >= 0.6 is 0 Å². The van der Waals surface area contributed by atoms with E-state index < -0.39 is 20.0 Å². The van der Waals surface area contributed by atoms with Gasteiger partial charge < -0.3 is 20.3 Å². The van der Waals surface area contributed by atoms with Crippen molar-refractivity contribution in [3.05, 3.63) is 59.4 Å². The molecule has 0 aromatic heterocycles. The molecule has 0 saturated carbocycles. The summed E-state index contributed by atoms with van der Waals surface area (Å²) in [6, 6.07) is 11.0. The first kappa shape index (κ1) is 23.9. The molecule has 8 heteroatoms. The summed E-state index contributed by atoms with van der Waals surface area (Å²) in [5.74, 6) is -0.735. The molecule has 2 N–H and O–H groups in total. The van der Waals surface area contributed by atoms with Gasteiger partial charge in [-0.1, -0.05) is 50.0 Å². The fourth-order valence-corrected chi connectivity index (χ4v) is 5.20. The predicted octanol–water partition coefficient (Wildman–Crippen LogP) is 4.00. The molecule has 1 atom stereocenters. The second-order valence-electron chi connectivity index (χ2n) is 9.19. The molecule has 0 bridgehead atoms. The molecule has 32 heavy (non-hydrogen) atoms. The minimum atomic E-state index is -1.83. The molecule has 0 unspecified atom stereocenters. The maximum atomic E-state index is 14.6. The Balaban J connectivity index is 1.82. The van der Waals surface area contributed by atoms with Gasteiger partial charge in [-0.15, -0.1) is 0 Å². The van der Waals surface area contributed by atoms with Crippen LogP contribution in [0.1, 0.15) is 30.0 Å². The van der Waals surface area contributed by atoms with E-state index in [4.69, 9.17) is 4.74 Å². The standard InChI is InChI=1S/C24H32FN3O3Si/c1-31-16-17-7-9-18(10-8-17)22(27-24(30)28-13-5-6-14-28)23(29)26-19-11-12-21(20(25)15-19)32(2,3)4/h7-12,15,22H,5-6,13-14,16H2,1-4H3,(H,26,29)(H,27,30)/t22-/m1/s1. The third-order valence-corrected chi connectivity index (χ3v) is 7.61. The lowest BCUT2D eigenvalue weighted by molar-refractivity contribution is -0.118. The van der Waals surface area contributed by atoms with Gasteiger partial charge in [0, 0.05) is 25.9 Å². The van der Waals surface area contributed by atoms with Gasteiger partial charge in [-0.3, -0.25) is 4.79 Å². The molecule has 1 fully saturated rings. The molecule has 1 saturated heterocycles. The van der Waals surface area contributed by atoms with Gasteiger partial charge in [0.15, 0.2) is 0 Å². The number of hydrogen-bond donors (Lipinski definition) is 2. The second-order valence-corrected chi connectivity index (χ2v) is 14.2. The molecule has 6 nitrogen and oxygen atoms in total. The van der Waals surface area contributed by atoms with E-state index in [0.29, 0.717) is 36.1 Å². The number of carbonyl (C=O) groups is 2. The number of anilines is 1. The van der Waals surface area contributed by atoms with Crippen molar-refractivity contribution in [2.75, 3.05) is 25.5 Å². The summed E-state index contributed by atoms with van der Waals surface area (Å²) in [6.07, 6.45) is 1.91. The van der Waals surface area contributed by atoms with Crippen molar-refractivity contribution in [3.8, 4) is 0 Å². The van der Waals surface area contributed by atoms with Crippen LogP contribution < -0.4 is 15.8 Å². The quantitative estimate of drug-likeness (QED) is 0.618. The molecular formula is C24H32FN3O3Si. The summed E-state index contributed by atoms with van der Waals surface area (Å²) in [6.45, 7) is 8.02. The van der Waals surface area contributed by atoms with Crippen molar-refractivity contribution in [2.24, 2.45) is 0 Å². The number of benzene rings is 2. The minimum Gasteiger partial charge on any atom is -0.380 e. The number of carbonyl (C=O) groups excluding carboxylic acids is 2.